The molecule has 0 aliphatic carbocycles. The second-order valence-electron chi connectivity index (χ2n) is 5.00. The van der Waals surface area contributed by atoms with Gasteiger partial charge in [-0.25, -0.2) is 4.39 Å². The van der Waals surface area contributed by atoms with Gasteiger partial charge in [0.15, 0.2) is 0 Å². The lowest BCUT2D eigenvalue weighted by Gasteiger charge is -2.11. The van der Waals surface area contributed by atoms with Crippen molar-refractivity contribution in [3.8, 4) is 0 Å². The number of nitrogens with one attached hydrogen (secondary N) is 1. The van der Waals surface area contributed by atoms with Crippen LogP contribution in [0.15, 0.2) is 18.2 Å². The molecule has 0 bridgehead atoms. The summed E-state index contributed by atoms with van der Waals surface area (Å²) in [5.74, 6) is -0.394. The zero-order valence-corrected chi connectivity index (χ0v) is 12.9. The van der Waals surface area contributed by atoms with Crippen LogP contribution in [-0.2, 0) is 6.54 Å². The van der Waals surface area contributed by atoms with E-state index in [0.29, 0.717) is 6.54 Å². The second-order valence-corrected chi connectivity index (χ2v) is 5.41. The Kier molecular flexibility index (Phi) is 4.45. The van der Waals surface area contributed by atoms with E-state index in [2.05, 4.69) is 17.3 Å². The first kappa shape index (κ1) is 15.0. The van der Waals surface area contributed by atoms with E-state index in [1.165, 1.54) is 11.6 Å². The third-order valence-corrected chi connectivity index (χ3v) is 3.93. The van der Waals surface area contributed by atoms with Gasteiger partial charge in [-0.2, -0.15) is 5.10 Å². The van der Waals surface area contributed by atoms with Gasteiger partial charge in [0.05, 0.1) is 17.3 Å². The smallest absolute Gasteiger partial charge is 0.142 e. The van der Waals surface area contributed by atoms with Crippen LogP contribution in [0.4, 0.5) is 4.39 Å². The summed E-state index contributed by atoms with van der Waals surface area (Å²) in [6.45, 7) is 6.67. The summed E-state index contributed by atoms with van der Waals surface area (Å²) in [5, 5.41) is 7.92. The molecule has 1 atom stereocenters. The second kappa shape index (κ2) is 5.94. The van der Waals surface area contributed by atoms with Crippen molar-refractivity contribution in [2.24, 2.45) is 0 Å². The van der Waals surface area contributed by atoms with Crippen LogP contribution in [-0.4, -0.2) is 16.8 Å². The molecule has 1 unspecified atom stereocenters. The fraction of sp³-hybridized carbons (Fsp3) is 0.400. The Morgan fingerprint density at radius 3 is 2.70 bits per heavy atom. The minimum Gasteiger partial charge on any atom is -0.313 e. The van der Waals surface area contributed by atoms with Crippen LogP contribution in [0, 0.1) is 19.7 Å². The number of hydrogen-bond acceptors (Lipinski definition) is 2. The lowest BCUT2D eigenvalue weighted by molar-refractivity contribution is 0.613. The van der Waals surface area contributed by atoms with Crippen LogP contribution in [0.5, 0.6) is 0 Å². The Bertz CT molecular complexity index is 622. The summed E-state index contributed by atoms with van der Waals surface area (Å²) < 4.78 is 15.4. The average molecular weight is 296 g/mol. The number of rotatable bonds is 4. The van der Waals surface area contributed by atoms with Crippen LogP contribution in [0.2, 0.25) is 5.02 Å². The number of benzene rings is 1. The van der Waals surface area contributed by atoms with Crippen molar-refractivity contribution in [1.29, 1.82) is 0 Å². The maximum Gasteiger partial charge on any atom is 0.142 e. The van der Waals surface area contributed by atoms with Gasteiger partial charge in [-0.05, 0) is 45.5 Å². The molecule has 0 fully saturated rings. The number of halogens is 2. The van der Waals surface area contributed by atoms with E-state index in [0.717, 1.165) is 17.0 Å². The molecule has 0 radical (unpaired) electrons. The van der Waals surface area contributed by atoms with Gasteiger partial charge >= 0.3 is 0 Å². The van der Waals surface area contributed by atoms with Gasteiger partial charge in [-0.3, -0.25) is 4.68 Å². The highest BCUT2D eigenvalue weighted by Crippen LogP contribution is 2.22. The van der Waals surface area contributed by atoms with Crippen molar-refractivity contribution in [2.45, 2.75) is 33.4 Å². The summed E-state index contributed by atoms with van der Waals surface area (Å²) in [6, 6.07) is 5.10. The SMILES string of the molecule is CNC(C)c1c(C)nn(Cc2ccc(Cl)c(F)c2)c1C. The molecule has 0 saturated heterocycles. The minimum absolute atomic E-state index is 0.145. The van der Waals surface area contributed by atoms with Gasteiger partial charge in [0.2, 0.25) is 0 Å². The normalized spacial score (nSPS) is 12.7. The standard InChI is InChI=1S/C15H19ClFN3/c1-9(18-4)15-10(2)19-20(11(15)3)8-12-5-6-13(16)14(17)7-12/h5-7,9,18H,8H2,1-4H3. The number of nitrogens with zero attached hydrogens (tertiary/aromatic N) is 2. The molecular weight excluding hydrogens is 277 g/mol. The van der Waals surface area contributed by atoms with Gasteiger partial charge in [-0.15, -0.1) is 0 Å². The lowest BCUT2D eigenvalue weighted by atomic mass is 10.1. The number of aromatic nitrogens is 2. The molecule has 2 rings (SSSR count). The zero-order chi connectivity index (χ0) is 14.9. The largest absolute Gasteiger partial charge is 0.313 e. The van der Waals surface area contributed by atoms with Crippen molar-refractivity contribution >= 4 is 11.6 Å². The number of aryl methyl sites for hydroxylation is 1. The first-order valence-electron chi connectivity index (χ1n) is 6.59. The summed E-state index contributed by atoms with van der Waals surface area (Å²) in [6.07, 6.45) is 0. The first-order chi connectivity index (χ1) is 9.43. The summed E-state index contributed by atoms with van der Waals surface area (Å²) in [4.78, 5) is 0. The molecular formula is C15H19ClFN3. The highest BCUT2D eigenvalue weighted by molar-refractivity contribution is 6.30. The van der Waals surface area contributed by atoms with Gasteiger partial charge < -0.3 is 5.32 Å². The maximum atomic E-state index is 13.5. The van der Waals surface area contributed by atoms with Crippen LogP contribution in [0.3, 0.4) is 0 Å². The summed E-state index contributed by atoms with van der Waals surface area (Å²) in [7, 11) is 1.93. The topological polar surface area (TPSA) is 29.9 Å². The van der Waals surface area contributed by atoms with E-state index < -0.39 is 5.82 Å². The minimum atomic E-state index is -0.394. The van der Waals surface area contributed by atoms with E-state index in [-0.39, 0.29) is 11.1 Å². The molecule has 2 aromatic rings. The molecule has 0 spiro atoms. The number of hydrogen-bond donors (Lipinski definition) is 1. The average Bonchev–Trinajstić information content (AvgIpc) is 2.68. The fourth-order valence-corrected chi connectivity index (χ4v) is 2.56. The van der Waals surface area contributed by atoms with Crippen molar-refractivity contribution in [1.82, 2.24) is 15.1 Å². The maximum absolute atomic E-state index is 13.5. The predicted octanol–water partition coefficient (Wildman–Crippen LogP) is 3.62. The Labute approximate surface area is 123 Å². The van der Waals surface area contributed by atoms with Crippen LogP contribution in [0.25, 0.3) is 0 Å². The quantitative estimate of drug-likeness (QED) is 0.933. The Morgan fingerprint density at radius 1 is 1.40 bits per heavy atom. The van der Waals surface area contributed by atoms with E-state index in [4.69, 9.17) is 11.6 Å². The molecule has 1 heterocycles. The van der Waals surface area contributed by atoms with Crippen LogP contribution < -0.4 is 5.32 Å². The van der Waals surface area contributed by atoms with Crippen LogP contribution >= 0.6 is 11.6 Å². The zero-order valence-electron chi connectivity index (χ0n) is 12.2. The molecule has 108 valence electrons. The van der Waals surface area contributed by atoms with Gasteiger partial charge in [-0.1, -0.05) is 17.7 Å². The molecule has 0 aliphatic heterocycles. The molecule has 0 amide bonds. The monoisotopic (exact) mass is 295 g/mol. The summed E-state index contributed by atoms with van der Waals surface area (Å²) >= 11 is 5.70. The van der Waals surface area contributed by atoms with Crippen LogP contribution in [0.1, 0.15) is 35.5 Å². The Balaban J connectivity index is 2.32. The highest BCUT2D eigenvalue weighted by atomic mass is 35.5. The Morgan fingerprint density at radius 2 is 2.10 bits per heavy atom. The van der Waals surface area contributed by atoms with Crippen molar-refractivity contribution in [3.05, 3.63) is 51.6 Å². The molecule has 1 aromatic carbocycles. The van der Waals surface area contributed by atoms with Crippen molar-refractivity contribution < 1.29 is 4.39 Å². The van der Waals surface area contributed by atoms with E-state index in [9.17, 15) is 4.39 Å². The van der Waals surface area contributed by atoms with E-state index >= 15 is 0 Å². The van der Waals surface area contributed by atoms with Gasteiger partial charge in [0.25, 0.3) is 0 Å². The van der Waals surface area contributed by atoms with Gasteiger partial charge in [0.1, 0.15) is 5.82 Å². The third-order valence-electron chi connectivity index (χ3n) is 3.62. The van der Waals surface area contributed by atoms with Crippen molar-refractivity contribution in [2.75, 3.05) is 7.05 Å². The third kappa shape index (κ3) is 2.86. The van der Waals surface area contributed by atoms with E-state index in [1.807, 2.05) is 31.6 Å². The predicted molar refractivity (Wildman–Crippen MR) is 79.7 cm³/mol. The molecule has 3 nitrogen and oxygen atoms in total. The first-order valence-corrected chi connectivity index (χ1v) is 6.97. The molecule has 20 heavy (non-hydrogen) atoms. The lowest BCUT2D eigenvalue weighted by Crippen LogP contribution is -2.14. The molecule has 5 heteroatoms. The highest BCUT2D eigenvalue weighted by Gasteiger charge is 2.16. The molecule has 1 N–H and O–H groups in total. The summed E-state index contributed by atoms with van der Waals surface area (Å²) in [5.41, 5.74) is 4.14. The van der Waals surface area contributed by atoms with Crippen molar-refractivity contribution in [3.63, 3.8) is 0 Å². The Hall–Kier alpha value is -1.39. The molecule has 1 aromatic heterocycles. The van der Waals surface area contributed by atoms with Gasteiger partial charge in [0, 0.05) is 17.3 Å². The fourth-order valence-electron chi connectivity index (χ4n) is 2.45. The molecule has 0 aliphatic rings. The molecule has 0 saturated carbocycles. The van der Waals surface area contributed by atoms with E-state index in [1.54, 1.807) is 6.07 Å².